The fourth-order valence-electron chi connectivity index (χ4n) is 1.47. The number of esters is 1. The Kier molecular flexibility index (Phi) is 8.84. The number of thiocarbonyl (C=S) groups is 1. The van der Waals surface area contributed by atoms with Crippen LogP contribution >= 0.6 is 12.2 Å². The number of carbonyl (C=O) groups is 3. The molecule has 24 heavy (non-hydrogen) atoms. The molecule has 9 heteroatoms. The highest BCUT2D eigenvalue weighted by atomic mass is 32.1. The van der Waals surface area contributed by atoms with Gasteiger partial charge in [-0.3, -0.25) is 9.59 Å². The Morgan fingerprint density at radius 2 is 1.71 bits per heavy atom. The number of carbonyl (C=O) groups excluding carboxylic acids is 3. The summed E-state index contributed by atoms with van der Waals surface area (Å²) in [4.78, 5) is 34.0. The maximum absolute atomic E-state index is 11.5. The predicted molar refractivity (Wildman–Crippen MR) is 90.3 cm³/mol. The molecule has 2 amide bonds. The molecule has 0 atom stereocenters. The molecule has 3 N–H and O–H groups in total. The first-order valence-corrected chi connectivity index (χ1v) is 7.47. The molecule has 1 aromatic carbocycles. The largest absolute Gasteiger partial charge is 0.468 e. The first-order chi connectivity index (χ1) is 11.5. The Balaban J connectivity index is 2.13. The third-order valence-corrected chi connectivity index (χ3v) is 3.00. The molecular formula is C15H19N3O5S. The van der Waals surface area contributed by atoms with Gasteiger partial charge >= 0.3 is 12.1 Å². The van der Waals surface area contributed by atoms with Crippen LogP contribution in [0.2, 0.25) is 0 Å². The van der Waals surface area contributed by atoms with Gasteiger partial charge in [0.2, 0.25) is 5.91 Å². The molecule has 130 valence electrons. The van der Waals surface area contributed by atoms with Crippen molar-refractivity contribution in [3.63, 3.8) is 0 Å². The van der Waals surface area contributed by atoms with Gasteiger partial charge in [0.1, 0.15) is 13.2 Å². The normalized spacial score (nSPS) is 9.54. The second-order valence-electron chi connectivity index (χ2n) is 4.54. The Morgan fingerprint density at radius 3 is 2.38 bits per heavy atom. The van der Waals surface area contributed by atoms with Gasteiger partial charge in [0.25, 0.3) is 0 Å². The van der Waals surface area contributed by atoms with E-state index in [9.17, 15) is 14.4 Å². The van der Waals surface area contributed by atoms with Gasteiger partial charge in [-0.1, -0.05) is 42.5 Å². The van der Waals surface area contributed by atoms with E-state index < -0.39 is 18.0 Å². The van der Waals surface area contributed by atoms with Crippen molar-refractivity contribution in [2.75, 3.05) is 26.7 Å². The molecule has 0 heterocycles. The van der Waals surface area contributed by atoms with Crippen LogP contribution in [0, 0.1) is 0 Å². The second-order valence-corrected chi connectivity index (χ2v) is 5.04. The van der Waals surface area contributed by atoms with Crippen LogP contribution in [-0.4, -0.2) is 49.7 Å². The molecule has 0 aliphatic carbocycles. The smallest absolute Gasteiger partial charge is 0.407 e. The standard InChI is InChI=1S/C15H19N3O5S/c1-22-14(20)9-16-12(19)7-17-13(24)8-18-15(21)23-10-11-5-3-2-4-6-11/h2-6H,7-10H2,1H3,(H,16,19)(H,17,24)(H,18,21). The van der Waals surface area contributed by atoms with Gasteiger partial charge < -0.3 is 25.4 Å². The van der Waals surface area contributed by atoms with Crippen molar-refractivity contribution in [3.8, 4) is 0 Å². The zero-order chi connectivity index (χ0) is 17.8. The van der Waals surface area contributed by atoms with Gasteiger partial charge in [-0.05, 0) is 5.56 Å². The van der Waals surface area contributed by atoms with Gasteiger partial charge in [0.05, 0.1) is 25.2 Å². The van der Waals surface area contributed by atoms with Crippen LogP contribution < -0.4 is 16.0 Å². The van der Waals surface area contributed by atoms with E-state index in [0.717, 1.165) is 5.56 Å². The number of benzene rings is 1. The molecule has 0 unspecified atom stereocenters. The average molecular weight is 353 g/mol. The minimum atomic E-state index is -0.613. The van der Waals surface area contributed by atoms with Crippen molar-refractivity contribution < 1.29 is 23.9 Å². The van der Waals surface area contributed by atoms with Crippen LogP contribution in [0.15, 0.2) is 30.3 Å². The number of rotatable bonds is 8. The highest BCUT2D eigenvalue weighted by molar-refractivity contribution is 7.80. The number of methoxy groups -OCH3 is 1. The van der Waals surface area contributed by atoms with Crippen molar-refractivity contribution in [2.45, 2.75) is 6.61 Å². The first kappa shape index (κ1) is 19.4. The fraction of sp³-hybridized carbons (Fsp3) is 0.333. The summed E-state index contributed by atoms with van der Waals surface area (Å²) in [7, 11) is 1.23. The zero-order valence-corrected chi connectivity index (χ0v) is 14.0. The first-order valence-electron chi connectivity index (χ1n) is 7.06. The molecular weight excluding hydrogens is 334 g/mol. The average Bonchev–Trinajstić information content (AvgIpc) is 2.61. The maximum Gasteiger partial charge on any atom is 0.407 e. The molecule has 0 saturated heterocycles. The van der Waals surface area contributed by atoms with Crippen LogP contribution in [-0.2, 0) is 25.7 Å². The van der Waals surface area contributed by atoms with Crippen LogP contribution in [0.4, 0.5) is 4.79 Å². The van der Waals surface area contributed by atoms with Crippen LogP contribution in [0.3, 0.4) is 0 Å². The topological polar surface area (TPSA) is 106 Å². The van der Waals surface area contributed by atoms with E-state index in [-0.39, 0.29) is 31.2 Å². The summed E-state index contributed by atoms with van der Waals surface area (Å²) in [5.74, 6) is -0.969. The Hall–Kier alpha value is -2.68. The van der Waals surface area contributed by atoms with Crippen molar-refractivity contribution >= 4 is 35.2 Å². The third-order valence-electron chi connectivity index (χ3n) is 2.71. The molecule has 0 saturated carbocycles. The van der Waals surface area contributed by atoms with E-state index in [1.165, 1.54) is 7.11 Å². The zero-order valence-electron chi connectivity index (χ0n) is 13.2. The van der Waals surface area contributed by atoms with Crippen molar-refractivity contribution in [3.05, 3.63) is 35.9 Å². The minimum absolute atomic E-state index is 0.0350. The van der Waals surface area contributed by atoms with Crippen LogP contribution in [0.25, 0.3) is 0 Å². The Morgan fingerprint density at radius 1 is 1.00 bits per heavy atom. The van der Waals surface area contributed by atoms with E-state index in [0.29, 0.717) is 0 Å². The molecule has 0 aromatic heterocycles. The Bertz CT molecular complexity index is 580. The number of amides is 2. The van der Waals surface area contributed by atoms with E-state index in [4.69, 9.17) is 17.0 Å². The lowest BCUT2D eigenvalue weighted by Gasteiger charge is -2.10. The molecule has 0 bridgehead atoms. The predicted octanol–water partition coefficient (Wildman–Crippen LogP) is 0.119. The Labute approximate surface area is 144 Å². The van der Waals surface area contributed by atoms with E-state index in [2.05, 4.69) is 20.7 Å². The van der Waals surface area contributed by atoms with Crippen molar-refractivity contribution in [2.24, 2.45) is 0 Å². The van der Waals surface area contributed by atoms with E-state index >= 15 is 0 Å². The lowest BCUT2D eigenvalue weighted by molar-refractivity contribution is -0.141. The van der Waals surface area contributed by atoms with Crippen molar-refractivity contribution in [1.29, 1.82) is 0 Å². The molecule has 0 fully saturated rings. The molecule has 0 radical (unpaired) electrons. The van der Waals surface area contributed by atoms with Crippen molar-refractivity contribution in [1.82, 2.24) is 16.0 Å². The minimum Gasteiger partial charge on any atom is -0.468 e. The quantitative estimate of drug-likeness (QED) is 0.450. The highest BCUT2D eigenvalue weighted by Gasteiger charge is 2.07. The lowest BCUT2D eigenvalue weighted by Crippen LogP contribution is -2.42. The summed E-state index contributed by atoms with van der Waals surface area (Å²) in [6, 6.07) is 9.25. The third kappa shape index (κ3) is 8.69. The summed E-state index contributed by atoms with van der Waals surface area (Å²) < 4.78 is 9.40. The number of ether oxygens (including phenoxy) is 2. The van der Waals surface area contributed by atoms with Crippen LogP contribution in [0.1, 0.15) is 5.56 Å². The SMILES string of the molecule is COC(=O)CNC(=O)CNC(=S)CNC(=O)OCc1ccccc1. The van der Waals surface area contributed by atoms with E-state index in [1.54, 1.807) is 0 Å². The van der Waals surface area contributed by atoms with Gasteiger partial charge in [-0.2, -0.15) is 0 Å². The monoisotopic (exact) mass is 353 g/mol. The van der Waals surface area contributed by atoms with Crippen LogP contribution in [0.5, 0.6) is 0 Å². The summed E-state index contributed by atoms with van der Waals surface area (Å²) in [5, 5.41) is 7.46. The number of alkyl carbamates (subject to hydrolysis) is 1. The molecule has 1 rings (SSSR count). The molecule has 8 nitrogen and oxygen atoms in total. The maximum atomic E-state index is 11.5. The van der Waals surface area contributed by atoms with Gasteiger partial charge in [0, 0.05) is 0 Å². The van der Waals surface area contributed by atoms with Gasteiger partial charge in [-0.25, -0.2) is 4.79 Å². The van der Waals surface area contributed by atoms with Gasteiger partial charge in [-0.15, -0.1) is 0 Å². The van der Waals surface area contributed by atoms with E-state index in [1.807, 2.05) is 30.3 Å². The highest BCUT2D eigenvalue weighted by Crippen LogP contribution is 2.00. The summed E-state index contributed by atoms with van der Waals surface area (Å²) >= 11 is 4.97. The molecule has 0 spiro atoms. The van der Waals surface area contributed by atoms with Gasteiger partial charge in [0.15, 0.2) is 0 Å². The summed E-state index contributed by atoms with van der Waals surface area (Å²) in [6.07, 6.45) is -0.613. The number of hydrogen-bond acceptors (Lipinski definition) is 6. The fourth-order valence-corrected chi connectivity index (χ4v) is 1.62. The molecule has 0 aliphatic heterocycles. The lowest BCUT2D eigenvalue weighted by atomic mass is 10.2. The summed E-state index contributed by atoms with van der Waals surface area (Å²) in [6.45, 7) is -0.138. The summed E-state index contributed by atoms with van der Waals surface area (Å²) in [5.41, 5.74) is 0.871. The number of nitrogens with one attached hydrogen (secondary N) is 3. The second kappa shape index (κ2) is 10.9. The molecule has 0 aliphatic rings. The number of hydrogen-bond donors (Lipinski definition) is 3. The molecule has 1 aromatic rings.